The molecule has 0 spiro atoms. The number of nitrogen functional groups attached to an aromatic ring is 4. The van der Waals surface area contributed by atoms with Gasteiger partial charge in [-0.3, -0.25) is 0 Å². The predicted molar refractivity (Wildman–Crippen MR) is 123 cm³/mol. The van der Waals surface area contributed by atoms with E-state index in [1.807, 2.05) is 0 Å². The van der Waals surface area contributed by atoms with E-state index < -0.39 is 12.2 Å². The fourth-order valence-corrected chi connectivity index (χ4v) is 1.97. The Morgan fingerprint density at radius 2 is 0.964 bits per heavy atom. The van der Waals surface area contributed by atoms with Crippen LogP contribution in [0.25, 0.3) is 0 Å². The summed E-state index contributed by atoms with van der Waals surface area (Å²) in [6, 6.07) is 9.53. The number of halogens is 4. The molecule has 2 aromatic rings. The molecule has 0 saturated carbocycles. The molecule has 0 radical (unpaired) electrons. The predicted octanol–water partition coefficient (Wildman–Crippen LogP) is 1.88. The lowest BCUT2D eigenvalue weighted by atomic mass is 10.2. The minimum absolute atomic E-state index is 0. The summed E-state index contributed by atoms with van der Waals surface area (Å²) >= 11 is 0. The summed E-state index contributed by atoms with van der Waals surface area (Å²) in [7, 11) is 0. The summed E-state index contributed by atoms with van der Waals surface area (Å²) in [6.45, 7) is -0.314. The zero-order valence-electron chi connectivity index (χ0n) is 14.7. The molecule has 0 aliphatic heterocycles. The van der Waals surface area contributed by atoms with Gasteiger partial charge in [0, 0.05) is 11.4 Å². The third-order valence-corrected chi connectivity index (χ3v) is 3.33. The molecular weight excluding hydrogens is 454 g/mol. The normalized spacial score (nSPS) is 11.4. The van der Waals surface area contributed by atoms with Crippen LogP contribution in [-0.2, 0) is 0 Å². The molecule has 0 saturated heterocycles. The quantitative estimate of drug-likeness (QED) is 0.327. The molecule has 2 rings (SSSR count). The Morgan fingerprint density at radius 3 is 1.25 bits per heavy atom. The highest BCUT2D eigenvalue weighted by molar-refractivity contribution is 5.86. The Hall–Kier alpha value is -1.68. The molecule has 2 atom stereocenters. The SMILES string of the molecule is Cl.Cl.Cl.Cl.Nc1ccc(OCC(O)C(O)COc2ccc(N)cc2N)c(N)c1. The van der Waals surface area contributed by atoms with E-state index in [9.17, 15) is 10.2 Å². The molecule has 0 heterocycles. The first-order valence-electron chi connectivity index (χ1n) is 7.28. The van der Waals surface area contributed by atoms with Gasteiger partial charge < -0.3 is 42.6 Å². The van der Waals surface area contributed by atoms with Crippen LogP contribution in [0.3, 0.4) is 0 Å². The first kappa shape index (κ1) is 31.0. The van der Waals surface area contributed by atoms with Gasteiger partial charge in [0.25, 0.3) is 0 Å². The minimum Gasteiger partial charge on any atom is -0.489 e. The molecule has 12 heteroatoms. The van der Waals surface area contributed by atoms with Crippen LogP contribution in [0.4, 0.5) is 22.7 Å². The number of benzene rings is 2. The number of aliphatic hydroxyl groups is 2. The van der Waals surface area contributed by atoms with Gasteiger partial charge in [-0.1, -0.05) is 0 Å². The van der Waals surface area contributed by atoms with Crippen molar-refractivity contribution in [2.75, 3.05) is 36.1 Å². The summed E-state index contributed by atoms with van der Waals surface area (Å²) in [5.74, 6) is 0.748. The topological polar surface area (TPSA) is 163 Å². The lowest BCUT2D eigenvalue weighted by Crippen LogP contribution is -2.36. The molecule has 162 valence electrons. The van der Waals surface area contributed by atoms with Crippen molar-refractivity contribution in [3.05, 3.63) is 36.4 Å². The van der Waals surface area contributed by atoms with Gasteiger partial charge in [-0.25, -0.2) is 0 Å². The number of hydrogen-bond donors (Lipinski definition) is 6. The highest BCUT2D eigenvalue weighted by Gasteiger charge is 2.19. The van der Waals surface area contributed by atoms with Gasteiger partial charge in [0.15, 0.2) is 0 Å². The largest absolute Gasteiger partial charge is 0.489 e. The molecule has 8 nitrogen and oxygen atoms in total. The van der Waals surface area contributed by atoms with Gasteiger partial charge in [0.05, 0.1) is 11.4 Å². The Kier molecular flexibility index (Phi) is 15.9. The van der Waals surface area contributed by atoms with Crippen molar-refractivity contribution in [1.82, 2.24) is 0 Å². The maximum atomic E-state index is 9.94. The third kappa shape index (κ3) is 9.01. The van der Waals surface area contributed by atoms with Crippen molar-refractivity contribution in [2.45, 2.75) is 12.2 Å². The van der Waals surface area contributed by atoms with Crippen molar-refractivity contribution in [3.8, 4) is 11.5 Å². The molecule has 0 fully saturated rings. The zero-order chi connectivity index (χ0) is 17.7. The van der Waals surface area contributed by atoms with Crippen molar-refractivity contribution >= 4 is 72.4 Å². The van der Waals surface area contributed by atoms with Crippen LogP contribution < -0.4 is 32.4 Å². The van der Waals surface area contributed by atoms with E-state index in [-0.39, 0.29) is 62.8 Å². The third-order valence-electron chi connectivity index (χ3n) is 3.33. The van der Waals surface area contributed by atoms with Crippen molar-refractivity contribution < 1.29 is 19.7 Å². The molecule has 0 bridgehead atoms. The first-order valence-corrected chi connectivity index (χ1v) is 7.28. The molecule has 2 aromatic carbocycles. The van der Waals surface area contributed by atoms with E-state index in [0.717, 1.165) is 0 Å². The Morgan fingerprint density at radius 1 is 0.643 bits per heavy atom. The maximum Gasteiger partial charge on any atom is 0.142 e. The lowest BCUT2D eigenvalue weighted by molar-refractivity contribution is -0.0286. The van der Waals surface area contributed by atoms with E-state index in [2.05, 4.69) is 0 Å². The molecule has 0 aliphatic carbocycles. The minimum atomic E-state index is -1.17. The highest BCUT2D eigenvalue weighted by Crippen LogP contribution is 2.25. The smallest absolute Gasteiger partial charge is 0.142 e. The van der Waals surface area contributed by atoms with Crippen LogP contribution in [0, 0.1) is 0 Å². The van der Waals surface area contributed by atoms with Gasteiger partial charge in [0.1, 0.15) is 36.9 Å². The number of anilines is 4. The second-order valence-electron chi connectivity index (χ2n) is 5.35. The van der Waals surface area contributed by atoms with Gasteiger partial charge in [-0.2, -0.15) is 0 Å². The molecule has 28 heavy (non-hydrogen) atoms. The maximum absolute atomic E-state index is 9.94. The van der Waals surface area contributed by atoms with Gasteiger partial charge in [-0.05, 0) is 36.4 Å². The Bertz CT molecular complexity index is 653. The zero-order valence-corrected chi connectivity index (χ0v) is 18.0. The lowest BCUT2D eigenvalue weighted by Gasteiger charge is -2.20. The van der Waals surface area contributed by atoms with Crippen molar-refractivity contribution in [2.24, 2.45) is 0 Å². The highest BCUT2D eigenvalue weighted by atomic mass is 35.5. The number of rotatable bonds is 7. The summed E-state index contributed by atoms with van der Waals surface area (Å²) in [6.07, 6.45) is -2.34. The average molecular weight is 480 g/mol. The number of hydrogen-bond acceptors (Lipinski definition) is 8. The standard InChI is InChI=1S/C16H22N4O4.4ClH/c17-9-1-3-15(11(19)5-9)23-7-13(21)14(22)8-24-16-4-2-10(18)6-12(16)20;;;;/h1-6,13-14,21-22H,7-8,17-20H2;4*1H. The molecule has 10 N–H and O–H groups in total. The van der Waals surface area contributed by atoms with Crippen LogP contribution in [0.2, 0.25) is 0 Å². The van der Waals surface area contributed by atoms with Crippen molar-refractivity contribution in [3.63, 3.8) is 0 Å². The first-order chi connectivity index (χ1) is 11.4. The second-order valence-corrected chi connectivity index (χ2v) is 5.35. The van der Waals surface area contributed by atoms with Crippen molar-refractivity contribution in [1.29, 1.82) is 0 Å². The molecule has 0 aromatic heterocycles. The van der Waals surface area contributed by atoms with Crippen LogP contribution >= 0.6 is 49.6 Å². The van der Waals surface area contributed by atoms with E-state index >= 15 is 0 Å². The number of nitrogens with two attached hydrogens (primary N) is 4. The average Bonchev–Trinajstić information content (AvgIpc) is 2.52. The Balaban J connectivity index is -0.00000156. The van der Waals surface area contributed by atoms with Crippen LogP contribution in [0.15, 0.2) is 36.4 Å². The van der Waals surface area contributed by atoms with E-state index in [0.29, 0.717) is 34.2 Å². The van der Waals surface area contributed by atoms with Crippen LogP contribution in [0.1, 0.15) is 0 Å². The van der Waals surface area contributed by atoms with Crippen LogP contribution in [0.5, 0.6) is 11.5 Å². The van der Waals surface area contributed by atoms with Gasteiger partial charge in [0.2, 0.25) is 0 Å². The van der Waals surface area contributed by atoms with Crippen LogP contribution in [-0.4, -0.2) is 35.6 Å². The fraction of sp³-hybridized carbons (Fsp3) is 0.250. The molecule has 0 aliphatic rings. The van der Waals surface area contributed by atoms with E-state index in [1.165, 1.54) is 0 Å². The van der Waals surface area contributed by atoms with Gasteiger partial charge in [-0.15, -0.1) is 49.6 Å². The monoisotopic (exact) mass is 478 g/mol. The van der Waals surface area contributed by atoms with E-state index in [1.54, 1.807) is 36.4 Å². The molecular formula is C16H26Cl4N4O4. The molecule has 0 amide bonds. The molecule has 2 unspecified atom stereocenters. The van der Waals surface area contributed by atoms with E-state index in [4.69, 9.17) is 32.4 Å². The summed E-state index contributed by atoms with van der Waals surface area (Å²) in [5.41, 5.74) is 24.4. The van der Waals surface area contributed by atoms with Gasteiger partial charge >= 0.3 is 0 Å². The summed E-state index contributed by atoms with van der Waals surface area (Å²) < 4.78 is 10.8. The number of aliphatic hydroxyl groups excluding tert-OH is 2. The Labute approximate surface area is 188 Å². The number of ether oxygens (including phenoxy) is 2. The second kappa shape index (κ2) is 14.3. The fourth-order valence-electron chi connectivity index (χ4n) is 1.97. The summed E-state index contributed by atoms with van der Waals surface area (Å²) in [4.78, 5) is 0. The summed E-state index contributed by atoms with van der Waals surface area (Å²) in [5, 5.41) is 19.9.